The summed E-state index contributed by atoms with van der Waals surface area (Å²) in [4.78, 5) is 0. The van der Waals surface area contributed by atoms with E-state index in [2.05, 4.69) is 5.32 Å². The number of hydrogen-bond acceptors (Lipinski definition) is 3. The van der Waals surface area contributed by atoms with Gasteiger partial charge in [0, 0.05) is 17.8 Å². The maximum absolute atomic E-state index is 5.28. The molecule has 1 aromatic carbocycles. The number of rotatable bonds is 4. The van der Waals surface area contributed by atoms with Crippen LogP contribution in [-0.2, 0) is 0 Å². The molecule has 0 heterocycles. The first kappa shape index (κ1) is 11.1. The summed E-state index contributed by atoms with van der Waals surface area (Å²) < 4.78 is 10.5. The molecule has 1 aliphatic rings. The number of nitrogens with one attached hydrogen (secondary N) is 1. The van der Waals surface area contributed by atoms with Gasteiger partial charge in [-0.25, -0.2) is 0 Å². The summed E-state index contributed by atoms with van der Waals surface area (Å²) in [7, 11) is 3.32. The summed E-state index contributed by atoms with van der Waals surface area (Å²) in [5, 5.41) is 3.53. The highest BCUT2D eigenvalue weighted by atomic mass is 16.5. The van der Waals surface area contributed by atoms with Crippen molar-refractivity contribution in [1.29, 1.82) is 0 Å². The minimum atomic E-state index is 0.623. The van der Waals surface area contributed by atoms with Crippen molar-refractivity contribution in [1.82, 2.24) is 0 Å². The highest BCUT2D eigenvalue weighted by Crippen LogP contribution is 2.31. The fourth-order valence-corrected chi connectivity index (χ4v) is 2.23. The van der Waals surface area contributed by atoms with E-state index in [4.69, 9.17) is 9.47 Å². The van der Waals surface area contributed by atoms with Gasteiger partial charge in [-0.2, -0.15) is 0 Å². The Morgan fingerprint density at radius 1 is 1.06 bits per heavy atom. The quantitative estimate of drug-likeness (QED) is 0.847. The minimum Gasteiger partial charge on any atom is -0.493 e. The molecular weight excluding hydrogens is 202 g/mol. The van der Waals surface area contributed by atoms with Gasteiger partial charge in [0.25, 0.3) is 0 Å². The summed E-state index contributed by atoms with van der Waals surface area (Å²) in [5.41, 5.74) is 1.12. The maximum Gasteiger partial charge on any atom is 0.162 e. The maximum atomic E-state index is 5.28. The van der Waals surface area contributed by atoms with Gasteiger partial charge in [-0.1, -0.05) is 12.8 Å². The van der Waals surface area contributed by atoms with E-state index in [0.717, 1.165) is 17.2 Å². The van der Waals surface area contributed by atoms with Crippen LogP contribution in [0.15, 0.2) is 18.2 Å². The zero-order chi connectivity index (χ0) is 11.4. The lowest BCUT2D eigenvalue weighted by molar-refractivity contribution is 0.355. The first-order valence-electron chi connectivity index (χ1n) is 5.82. The van der Waals surface area contributed by atoms with E-state index < -0.39 is 0 Å². The molecule has 1 N–H and O–H groups in total. The van der Waals surface area contributed by atoms with Crippen molar-refractivity contribution in [3.05, 3.63) is 18.2 Å². The van der Waals surface area contributed by atoms with Crippen LogP contribution < -0.4 is 14.8 Å². The molecule has 1 aromatic rings. The van der Waals surface area contributed by atoms with Crippen molar-refractivity contribution in [2.75, 3.05) is 19.5 Å². The SMILES string of the molecule is COc1ccc(NC2CCCC2)cc1OC. The van der Waals surface area contributed by atoms with Crippen LogP contribution in [0.1, 0.15) is 25.7 Å². The number of benzene rings is 1. The topological polar surface area (TPSA) is 30.5 Å². The van der Waals surface area contributed by atoms with Gasteiger partial charge in [-0.05, 0) is 25.0 Å². The Hall–Kier alpha value is -1.38. The van der Waals surface area contributed by atoms with Crippen LogP contribution in [0.4, 0.5) is 5.69 Å². The van der Waals surface area contributed by atoms with E-state index in [0.29, 0.717) is 6.04 Å². The molecule has 16 heavy (non-hydrogen) atoms. The lowest BCUT2D eigenvalue weighted by atomic mass is 10.2. The highest BCUT2D eigenvalue weighted by molar-refractivity contribution is 5.55. The van der Waals surface area contributed by atoms with Crippen LogP contribution in [0.2, 0.25) is 0 Å². The van der Waals surface area contributed by atoms with E-state index in [-0.39, 0.29) is 0 Å². The molecule has 0 saturated heterocycles. The summed E-state index contributed by atoms with van der Waals surface area (Å²) in [6.07, 6.45) is 5.22. The number of anilines is 1. The van der Waals surface area contributed by atoms with Crippen LogP contribution in [0.3, 0.4) is 0 Å². The molecule has 1 fully saturated rings. The largest absolute Gasteiger partial charge is 0.493 e. The van der Waals surface area contributed by atoms with E-state index in [9.17, 15) is 0 Å². The molecule has 0 spiro atoms. The number of ether oxygens (including phenoxy) is 2. The predicted octanol–water partition coefficient (Wildman–Crippen LogP) is 3.06. The van der Waals surface area contributed by atoms with Gasteiger partial charge < -0.3 is 14.8 Å². The number of methoxy groups -OCH3 is 2. The van der Waals surface area contributed by atoms with Crippen molar-refractivity contribution >= 4 is 5.69 Å². The van der Waals surface area contributed by atoms with Gasteiger partial charge in [-0.3, -0.25) is 0 Å². The highest BCUT2D eigenvalue weighted by Gasteiger charge is 2.15. The third-order valence-corrected chi connectivity index (χ3v) is 3.11. The van der Waals surface area contributed by atoms with E-state index >= 15 is 0 Å². The number of hydrogen-bond donors (Lipinski definition) is 1. The van der Waals surface area contributed by atoms with Gasteiger partial charge in [0.15, 0.2) is 11.5 Å². The zero-order valence-corrected chi connectivity index (χ0v) is 9.95. The van der Waals surface area contributed by atoms with Crippen molar-refractivity contribution < 1.29 is 9.47 Å². The Morgan fingerprint density at radius 3 is 2.38 bits per heavy atom. The lowest BCUT2D eigenvalue weighted by Gasteiger charge is -2.15. The van der Waals surface area contributed by atoms with Crippen LogP contribution in [-0.4, -0.2) is 20.3 Å². The smallest absolute Gasteiger partial charge is 0.162 e. The van der Waals surface area contributed by atoms with Crippen molar-refractivity contribution in [2.45, 2.75) is 31.7 Å². The lowest BCUT2D eigenvalue weighted by Crippen LogP contribution is -2.14. The minimum absolute atomic E-state index is 0.623. The van der Waals surface area contributed by atoms with Crippen molar-refractivity contribution in [3.63, 3.8) is 0 Å². The molecule has 0 unspecified atom stereocenters. The van der Waals surface area contributed by atoms with Gasteiger partial charge in [-0.15, -0.1) is 0 Å². The second-order valence-corrected chi connectivity index (χ2v) is 4.20. The molecule has 0 amide bonds. The standard InChI is InChI=1S/C13H19NO2/c1-15-12-8-7-11(9-13(12)16-2)14-10-5-3-4-6-10/h7-10,14H,3-6H2,1-2H3. The van der Waals surface area contributed by atoms with Gasteiger partial charge in [0.2, 0.25) is 0 Å². The molecule has 1 aliphatic carbocycles. The molecule has 2 rings (SSSR count). The summed E-state index contributed by atoms with van der Waals surface area (Å²) >= 11 is 0. The van der Waals surface area contributed by atoms with Crippen LogP contribution in [0, 0.1) is 0 Å². The predicted molar refractivity (Wildman–Crippen MR) is 65.4 cm³/mol. The fourth-order valence-electron chi connectivity index (χ4n) is 2.23. The zero-order valence-electron chi connectivity index (χ0n) is 9.95. The van der Waals surface area contributed by atoms with E-state index in [1.807, 2.05) is 18.2 Å². The van der Waals surface area contributed by atoms with Gasteiger partial charge >= 0.3 is 0 Å². The third-order valence-electron chi connectivity index (χ3n) is 3.11. The molecule has 0 atom stereocenters. The molecule has 0 aliphatic heterocycles. The van der Waals surface area contributed by atoms with E-state index in [1.165, 1.54) is 25.7 Å². The second-order valence-electron chi connectivity index (χ2n) is 4.20. The monoisotopic (exact) mass is 221 g/mol. The Balaban J connectivity index is 2.09. The van der Waals surface area contributed by atoms with Gasteiger partial charge in [0.05, 0.1) is 14.2 Å². The Morgan fingerprint density at radius 2 is 1.75 bits per heavy atom. The Kier molecular flexibility index (Phi) is 3.54. The molecule has 88 valence electrons. The first-order chi connectivity index (χ1) is 7.83. The fraction of sp³-hybridized carbons (Fsp3) is 0.538. The third kappa shape index (κ3) is 2.40. The van der Waals surface area contributed by atoms with Gasteiger partial charge in [0.1, 0.15) is 0 Å². The molecular formula is C13H19NO2. The first-order valence-corrected chi connectivity index (χ1v) is 5.82. The van der Waals surface area contributed by atoms with Crippen LogP contribution in [0.5, 0.6) is 11.5 Å². The van der Waals surface area contributed by atoms with Crippen molar-refractivity contribution in [3.8, 4) is 11.5 Å². The molecule has 3 heteroatoms. The molecule has 0 bridgehead atoms. The van der Waals surface area contributed by atoms with Crippen LogP contribution in [0.25, 0.3) is 0 Å². The summed E-state index contributed by atoms with van der Waals surface area (Å²) in [6, 6.07) is 6.60. The summed E-state index contributed by atoms with van der Waals surface area (Å²) in [5.74, 6) is 1.56. The average Bonchev–Trinajstić information content (AvgIpc) is 2.81. The average molecular weight is 221 g/mol. The normalized spacial score (nSPS) is 16.1. The van der Waals surface area contributed by atoms with E-state index in [1.54, 1.807) is 14.2 Å². The molecule has 1 saturated carbocycles. The molecule has 0 radical (unpaired) electrons. The Labute approximate surface area is 96.8 Å². The molecule has 0 aromatic heterocycles. The Bertz CT molecular complexity index is 346. The van der Waals surface area contributed by atoms with Crippen LogP contribution >= 0.6 is 0 Å². The summed E-state index contributed by atoms with van der Waals surface area (Å²) in [6.45, 7) is 0. The molecule has 3 nitrogen and oxygen atoms in total. The van der Waals surface area contributed by atoms with Crippen molar-refractivity contribution in [2.24, 2.45) is 0 Å². The second kappa shape index (κ2) is 5.10.